The molecule has 0 heterocycles. The molecule has 0 bridgehead atoms. The van der Waals surface area contributed by atoms with E-state index in [4.69, 9.17) is 15.9 Å². The molecule has 0 rings (SSSR count). The summed E-state index contributed by atoms with van der Waals surface area (Å²) in [6.45, 7) is 3.07. The first kappa shape index (κ1) is 22.2. The van der Waals surface area contributed by atoms with Gasteiger partial charge in [0.2, 0.25) is 0 Å². The predicted octanol–water partition coefficient (Wildman–Crippen LogP) is 3.80. The molecule has 0 radical (unpaired) electrons. The number of carboxylic acid groups (broad SMARTS) is 2. The summed E-state index contributed by atoms with van der Waals surface area (Å²) < 4.78 is 0. The normalized spacial score (nSPS) is 9.81. The van der Waals surface area contributed by atoms with Crippen LogP contribution in [0.5, 0.6) is 0 Å². The third-order valence-electron chi connectivity index (χ3n) is 3.09. The lowest BCUT2D eigenvalue weighted by Gasteiger charge is -1.98. The van der Waals surface area contributed by atoms with Crippen molar-refractivity contribution in [1.29, 1.82) is 0 Å². The second kappa shape index (κ2) is 18.9. The summed E-state index contributed by atoms with van der Waals surface area (Å²) in [6.07, 6.45) is 11.0. The van der Waals surface area contributed by atoms with Gasteiger partial charge in [-0.2, -0.15) is 0 Å². The Balaban J connectivity index is 0. The quantitative estimate of drug-likeness (QED) is 0.449. The van der Waals surface area contributed by atoms with E-state index in [0.717, 1.165) is 45.1 Å². The monoisotopic (exact) mass is 303 g/mol. The van der Waals surface area contributed by atoms with E-state index in [1.807, 2.05) is 0 Å². The van der Waals surface area contributed by atoms with Crippen LogP contribution < -0.4 is 5.73 Å². The zero-order valence-corrected chi connectivity index (χ0v) is 13.5. The van der Waals surface area contributed by atoms with Crippen molar-refractivity contribution in [3.63, 3.8) is 0 Å². The molecule has 0 fully saturated rings. The highest BCUT2D eigenvalue weighted by atomic mass is 16.4. The maximum atomic E-state index is 10.1. The van der Waals surface area contributed by atoms with E-state index in [1.54, 1.807) is 0 Å². The van der Waals surface area contributed by atoms with E-state index in [1.165, 1.54) is 25.7 Å². The standard InChI is InChI=1S/C10H18O4.C6H15N/c11-9(12)7-5-3-1-2-4-6-8-10(13)14;1-2-3-4-5-6-7/h1-8H2,(H,11,12)(H,13,14);2-7H2,1H3. The van der Waals surface area contributed by atoms with Gasteiger partial charge in [0.25, 0.3) is 0 Å². The Kier molecular flexibility index (Phi) is 20.0. The van der Waals surface area contributed by atoms with Crippen molar-refractivity contribution in [2.75, 3.05) is 6.54 Å². The summed E-state index contributed by atoms with van der Waals surface area (Å²) in [4.78, 5) is 20.3. The van der Waals surface area contributed by atoms with Gasteiger partial charge in [-0.15, -0.1) is 0 Å². The zero-order valence-electron chi connectivity index (χ0n) is 13.5. The van der Waals surface area contributed by atoms with Crippen molar-refractivity contribution >= 4 is 11.9 Å². The van der Waals surface area contributed by atoms with E-state index in [-0.39, 0.29) is 12.8 Å². The lowest BCUT2D eigenvalue weighted by Crippen LogP contribution is -1.97. The molecular weight excluding hydrogens is 270 g/mol. The maximum Gasteiger partial charge on any atom is 0.303 e. The third kappa shape index (κ3) is 27.9. The van der Waals surface area contributed by atoms with E-state index in [0.29, 0.717) is 0 Å². The third-order valence-corrected chi connectivity index (χ3v) is 3.09. The summed E-state index contributed by atoms with van der Waals surface area (Å²) in [5.74, 6) is -1.48. The molecule has 4 N–H and O–H groups in total. The van der Waals surface area contributed by atoms with Gasteiger partial charge >= 0.3 is 11.9 Å². The first-order valence-electron chi connectivity index (χ1n) is 8.18. The van der Waals surface area contributed by atoms with Crippen LogP contribution in [0.4, 0.5) is 0 Å². The van der Waals surface area contributed by atoms with Crippen LogP contribution in [0.15, 0.2) is 0 Å². The topological polar surface area (TPSA) is 101 Å². The minimum Gasteiger partial charge on any atom is -0.481 e. The fraction of sp³-hybridized carbons (Fsp3) is 0.875. The largest absolute Gasteiger partial charge is 0.481 e. The number of hydrogen-bond donors (Lipinski definition) is 3. The highest BCUT2D eigenvalue weighted by molar-refractivity contribution is 5.66. The van der Waals surface area contributed by atoms with Gasteiger partial charge in [-0.05, 0) is 25.8 Å². The number of carbonyl (C=O) groups is 2. The Morgan fingerprint density at radius 3 is 1.43 bits per heavy atom. The van der Waals surface area contributed by atoms with E-state index in [9.17, 15) is 9.59 Å². The Labute approximate surface area is 128 Å². The van der Waals surface area contributed by atoms with Crippen LogP contribution >= 0.6 is 0 Å². The van der Waals surface area contributed by atoms with Crippen molar-refractivity contribution in [3.05, 3.63) is 0 Å². The second-order valence-corrected chi connectivity index (χ2v) is 5.26. The molecule has 0 spiro atoms. The number of rotatable bonds is 13. The number of carboxylic acids is 2. The molecule has 5 heteroatoms. The molecular formula is C16H33NO4. The molecule has 0 aliphatic heterocycles. The fourth-order valence-electron chi connectivity index (χ4n) is 1.83. The van der Waals surface area contributed by atoms with Crippen LogP contribution in [0.2, 0.25) is 0 Å². The van der Waals surface area contributed by atoms with Gasteiger partial charge in [-0.1, -0.05) is 51.9 Å². The molecule has 0 amide bonds. The van der Waals surface area contributed by atoms with Crippen molar-refractivity contribution in [1.82, 2.24) is 0 Å². The lowest BCUT2D eigenvalue weighted by atomic mass is 10.1. The zero-order chi connectivity index (χ0) is 16.3. The van der Waals surface area contributed by atoms with Crippen LogP contribution in [0, 0.1) is 0 Å². The minimum absolute atomic E-state index is 0.245. The second-order valence-electron chi connectivity index (χ2n) is 5.26. The molecule has 21 heavy (non-hydrogen) atoms. The SMILES string of the molecule is CCCCCCN.O=C(O)CCCCCCCCC(=O)O. The molecule has 0 atom stereocenters. The van der Waals surface area contributed by atoms with Crippen LogP contribution in [0.1, 0.15) is 84.0 Å². The molecule has 0 aromatic heterocycles. The molecule has 5 nitrogen and oxygen atoms in total. The maximum absolute atomic E-state index is 10.1. The highest BCUT2D eigenvalue weighted by Crippen LogP contribution is 2.08. The van der Waals surface area contributed by atoms with Gasteiger partial charge in [-0.3, -0.25) is 9.59 Å². The molecule has 0 unspecified atom stereocenters. The van der Waals surface area contributed by atoms with Crippen LogP contribution in [-0.2, 0) is 9.59 Å². The lowest BCUT2D eigenvalue weighted by molar-refractivity contribution is -0.138. The first-order valence-corrected chi connectivity index (χ1v) is 8.18. The van der Waals surface area contributed by atoms with Gasteiger partial charge < -0.3 is 15.9 Å². The molecule has 0 aliphatic carbocycles. The predicted molar refractivity (Wildman–Crippen MR) is 85.4 cm³/mol. The van der Waals surface area contributed by atoms with Crippen LogP contribution in [0.25, 0.3) is 0 Å². The van der Waals surface area contributed by atoms with E-state index >= 15 is 0 Å². The van der Waals surface area contributed by atoms with Crippen molar-refractivity contribution in [2.45, 2.75) is 84.0 Å². The Morgan fingerprint density at radius 1 is 0.714 bits per heavy atom. The van der Waals surface area contributed by atoms with E-state index < -0.39 is 11.9 Å². The van der Waals surface area contributed by atoms with Gasteiger partial charge in [0.05, 0.1) is 0 Å². The van der Waals surface area contributed by atoms with Crippen LogP contribution in [0.3, 0.4) is 0 Å². The number of aliphatic carboxylic acids is 2. The molecule has 0 aliphatic rings. The van der Waals surface area contributed by atoms with Gasteiger partial charge in [0.15, 0.2) is 0 Å². The highest BCUT2D eigenvalue weighted by Gasteiger charge is 1.98. The molecule has 0 aromatic carbocycles. The van der Waals surface area contributed by atoms with Crippen molar-refractivity contribution in [3.8, 4) is 0 Å². The van der Waals surface area contributed by atoms with Gasteiger partial charge in [0, 0.05) is 12.8 Å². The number of unbranched alkanes of at least 4 members (excludes halogenated alkanes) is 8. The fourth-order valence-corrected chi connectivity index (χ4v) is 1.83. The smallest absolute Gasteiger partial charge is 0.303 e. The molecule has 126 valence electrons. The average Bonchev–Trinajstić information content (AvgIpc) is 2.42. The number of hydrogen-bond acceptors (Lipinski definition) is 3. The summed E-state index contributed by atoms with van der Waals surface area (Å²) in [7, 11) is 0. The van der Waals surface area contributed by atoms with E-state index in [2.05, 4.69) is 6.92 Å². The molecule has 0 saturated carbocycles. The van der Waals surface area contributed by atoms with Gasteiger partial charge in [-0.25, -0.2) is 0 Å². The van der Waals surface area contributed by atoms with Crippen molar-refractivity contribution < 1.29 is 19.8 Å². The van der Waals surface area contributed by atoms with Crippen molar-refractivity contribution in [2.24, 2.45) is 5.73 Å². The summed E-state index contributed by atoms with van der Waals surface area (Å²) in [5, 5.41) is 16.7. The average molecular weight is 303 g/mol. The summed E-state index contributed by atoms with van der Waals surface area (Å²) >= 11 is 0. The Bertz CT molecular complexity index is 220. The van der Waals surface area contributed by atoms with Crippen LogP contribution in [-0.4, -0.2) is 28.7 Å². The Morgan fingerprint density at radius 2 is 1.10 bits per heavy atom. The summed E-state index contributed by atoms with van der Waals surface area (Å²) in [5.41, 5.74) is 5.27. The Hall–Kier alpha value is -1.10. The van der Waals surface area contributed by atoms with Gasteiger partial charge in [0.1, 0.15) is 0 Å². The first-order chi connectivity index (χ1) is 10.0. The number of nitrogens with two attached hydrogens (primary N) is 1. The molecule has 0 saturated heterocycles. The minimum atomic E-state index is -0.740. The summed E-state index contributed by atoms with van der Waals surface area (Å²) in [6, 6.07) is 0. The molecule has 0 aromatic rings.